The van der Waals surface area contributed by atoms with Crippen molar-refractivity contribution >= 4 is 5.78 Å². The van der Waals surface area contributed by atoms with Crippen LogP contribution in [0, 0.1) is 39.9 Å². The minimum absolute atomic E-state index is 0.0356. The van der Waals surface area contributed by atoms with E-state index in [1.165, 1.54) is 19.3 Å². The number of fused-ring (bicyclic) bond motifs is 1. The largest absolute Gasteiger partial charge is 0.299 e. The molecule has 0 saturated heterocycles. The summed E-state index contributed by atoms with van der Waals surface area (Å²) in [6.07, 6.45) is 11.3. The average molecular weight is 272 g/mol. The van der Waals surface area contributed by atoms with Gasteiger partial charge in [-0.3, -0.25) is 4.79 Å². The Morgan fingerprint density at radius 2 is 1.80 bits per heavy atom. The van der Waals surface area contributed by atoms with E-state index in [0.717, 1.165) is 24.7 Å². The van der Waals surface area contributed by atoms with Gasteiger partial charge in [0.1, 0.15) is 5.78 Å². The van der Waals surface area contributed by atoms with Crippen molar-refractivity contribution in [2.24, 2.45) is 39.9 Å². The summed E-state index contributed by atoms with van der Waals surface area (Å²) in [5, 5.41) is 0. The maximum atomic E-state index is 12.9. The Morgan fingerprint density at radius 3 is 2.45 bits per heavy atom. The van der Waals surface area contributed by atoms with Crippen LogP contribution in [0.1, 0.15) is 59.8 Å². The molecule has 0 aromatic heterocycles. The molecule has 3 fully saturated rings. The van der Waals surface area contributed by atoms with E-state index in [1.807, 2.05) is 0 Å². The lowest BCUT2D eigenvalue weighted by Crippen LogP contribution is -2.58. The minimum atomic E-state index is -0.0356. The van der Waals surface area contributed by atoms with Crippen molar-refractivity contribution < 1.29 is 4.79 Å². The van der Waals surface area contributed by atoms with E-state index in [-0.39, 0.29) is 11.3 Å². The number of hydrogen-bond donors (Lipinski definition) is 0. The zero-order chi connectivity index (χ0) is 14.3. The van der Waals surface area contributed by atoms with E-state index in [2.05, 4.69) is 39.8 Å². The number of ketones is 1. The topological polar surface area (TPSA) is 17.1 Å². The van der Waals surface area contributed by atoms with Gasteiger partial charge in [-0.25, -0.2) is 0 Å². The molecular weight excluding hydrogens is 244 g/mol. The molecule has 0 aromatic carbocycles. The summed E-state index contributed by atoms with van der Waals surface area (Å²) >= 11 is 0. The molecule has 5 atom stereocenters. The zero-order valence-electron chi connectivity index (χ0n) is 13.4. The molecule has 4 aliphatic rings. The van der Waals surface area contributed by atoms with E-state index in [0.29, 0.717) is 22.5 Å². The third-order valence-corrected chi connectivity index (χ3v) is 7.35. The van der Waals surface area contributed by atoms with E-state index in [1.54, 1.807) is 0 Å². The number of allylic oxidation sites excluding steroid dienone is 2. The SMILES string of the molecule is C[C@H]1C(=O)[C@]2(C)CCC3C(C)(C)C=C[C@]3(C2)[C@H]1C1CC1. The Labute approximate surface area is 123 Å². The fourth-order valence-corrected chi connectivity index (χ4v) is 6.50. The Bertz CT molecular complexity index is 498. The standard InChI is InChI=1S/C19H28O/c1-12-15(13-5-6-13)19-10-9-17(2,3)14(19)7-8-18(4,11-19)16(12)20/h9-10,12-15H,5-8,11H2,1-4H3/t12-,14?,15-,18-,19-/m1/s1. The average Bonchev–Trinajstić information content (AvgIpc) is 3.15. The number of hydrogen-bond acceptors (Lipinski definition) is 1. The Morgan fingerprint density at radius 1 is 1.10 bits per heavy atom. The second kappa shape index (κ2) is 3.59. The fraction of sp³-hybridized carbons (Fsp3) is 0.842. The predicted molar refractivity (Wildman–Crippen MR) is 81.2 cm³/mol. The first-order chi connectivity index (χ1) is 9.30. The third kappa shape index (κ3) is 1.42. The van der Waals surface area contributed by atoms with E-state index < -0.39 is 0 Å². The fourth-order valence-electron chi connectivity index (χ4n) is 6.50. The van der Waals surface area contributed by atoms with Crippen molar-refractivity contribution in [3.8, 4) is 0 Å². The smallest absolute Gasteiger partial charge is 0.141 e. The van der Waals surface area contributed by atoms with Gasteiger partial charge in [-0.05, 0) is 60.7 Å². The molecule has 20 heavy (non-hydrogen) atoms. The summed E-state index contributed by atoms with van der Waals surface area (Å²) in [5.74, 6) is 3.09. The predicted octanol–water partition coefficient (Wildman–Crippen LogP) is 4.62. The van der Waals surface area contributed by atoms with Crippen LogP contribution in [0.25, 0.3) is 0 Å². The molecule has 2 bridgehead atoms. The number of Topliss-reactive ketones (excluding diaryl/α,β-unsaturated/α-hetero) is 1. The molecule has 4 rings (SSSR count). The van der Waals surface area contributed by atoms with Gasteiger partial charge in [-0.15, -0.1) is 0 Å². The lowest BCUT2D eigenvalue weighted by molar-refractivity contribution is -0.158. The first kappa shape index (κ1) is 13.1. The Kier molecular flexibility index (Phi) is 2.35. The maximum Gasteiger partial charge on any atom is 0.141 e. The second-order valence-electron chi connectivity index (χ2n) is 9.11. The monoisotopic (exact) mass is 272 g/mol. The van der Waals surface area contributed by atoms with Crippen molar-refractivity contribution in [1.82, 2.24) is 0 Å². The maximum absolute atomic E-state index is 12.9. The molecule has 4 aliphatic carbocycles. The molecule has 1 unspecified atom stereocenters. The van der Waals surface area contributed by atoms with Gasteiger partial charge in [0.15, 0.2) is 0 Å². The van der Waals surface area contributed by atoms with Crippen LogP contribution in [0.4, 0.5) is 0 Å². The molecule has 0 N–H and O–H groups in total. The lowest BCUT2D eigenvalue weighted by Gasteiger charge is -2.60. The lowest BCUT2D eigenvalue weighted by atomic mass is 9.43. The van der Waals surface area contributed by atoms with E-state index in [9.17, 15) is 4.79 Å². The summed E-state index contributed by atoms with van der Waals surface area (Å²) in [5.41, 5.74) is 0.631. The van der Waals surface area contributed by atoms with Crippen LogP contribution in [0.5, 0.6) is 0 Å². The van der Waals surface area contributed by atoms with E-state index >= 15 is 0 Å². The molecule has 1 spiro atoms. The van der Waals surface area contributed by atoms with Crippen LogP contribution in [-0.2, 0) is 4.79 Å². The van der Waals surface area contributed by atoms with Gasteiger partial charge in [0.05, 0.1) is 0 Å². The number of rotatable bonds is 1. The number of carbonyl (C=O) groups excluding carboxylic acids is 1. The molecule has 0 aromatic rings. The highest BCUT2D eigenvalue weighted by Gasteiger charge is 2.66. The van der Waals surface area contributed by atoms with Gasteiger partial charge in [0.25, 0.3) is 0 Å². The van der Waals surface area contributed by atoms with E-state index in [4.69, 9.17) is 0 Å². The van der Waals surface area contributed by atoms with Gasteiger partial charge < -0.3 is 0 Å². The van der Waals surface area contributed by atoms with Crippen molar-refractivity contribution in [3.63, 3.8) is 0 Å². The van der Waals surface area contributed by atoms with Crippen LogP contribution in [0.15, 0.2) is 12.2 Å². The highest BCUT2D eigenvalue weighted by atomic mass is 16.1. The highest BCUT2D eigenvalue weighted by Crippen LogP contribution is 2.70. The molecular formula is C19H28O. The highest BCUT2D eigenvalue weighted by molar-refractivity contribution is 5.88. The van der Waals surface area contributed by atoms with Gasteiger partial charge in [-0.2, -0.15) is 0 Å². The third-order valence-electron chi connectivity index (χ3n) is 7.35. The zero-order valence-corrected chi connectivity index (χ0v) is 13.4. The Balaban J connectivity index is 1.85. The summed E-state index contributed by atoms with van der Waals surface area (Å²) in [7, 11) is 0. The van der Waals surface area contributed by atoms with Crippen LogP contribution in [0.2, 0.25) is 0 Å². The molecule has 110 valence electrons. The molecule has 0 radical (unpaired) electrons. The van der Waals surface area contributed by atoms with Gasteiger partial charge in [0, 0.05) is 11.3 Å². The number of carbonyl (C=O) groups is 1. The van der Waals surface area contributed by atoms with Crippen LogP contribution < -0.4 is 0 Å². The molecule has 1 heteroatoms. The first-order valence-corrected chi connectivity index (χ1v) is 8.55. The quantitative estimate of drug-likeness (QED) is 0.637. The van der Waals surface area contributed by atoms with Crippen molar-refractivity contribution in [2.45, 2.75) is 59.8 Å². The van der Waals surface area contributed by atoms with Crippen LogP contribution >= 0.6 is 0 Å². The first-order valence-electron chi connectivity index (χ1n) is 8.55. The van der Waals surface area contributed by atoms with Crippen LogP contribution in [0.3, 0.4) is 0 Å². The Hall–Kier alpha value is -0.590. The molecule has 3 saturated carbocycles. The minimum Gasteiger partial charge on any atom is -0.299 e. The molecule has 1 nitrogen and oxygen atoms in total. The van der Waals surface area contributed by atoms with Crippen molar-refractivity contribution in [3.05, 3.63) is 12.2 Å². The van der Waals surface area contributed by atoms with Crippen molar-refractivity contribution in [1.29, 1.82) is 0 Å². The molecule has 0 aliphatic heterocycles. The summed E-state index contributed by atoms with van der Waals surface area (Å²) in [6, 6.07) is 0. The normalized spacial score (nSPS) is 53.0. The molecule has 0 amide bonds. The molecule has 0 heterocycles. The van der Waals surface area contributed by atoms with Crippen molar-refractivity contribution in [2.75, 3.05) is 0 Å². The summed E-state index contributed by atoms with van der Waals surface area (Å²) in [6.45, 7) is 9.32. The van der Waals surface area contributed by atoms with Gasteiger partial charge >= 0.3 is 0 Å². The summed E-state index contributed by atoms with van der Waals surface area (Å²) < 4.78 is 0. The summed E-state index contributed by atoms with van der Waals surface area (Å²) in [4.78, 5) is 12.9. The second-order valence-corrected chi connectivity index (χ2v) is 9.11. The van der Waals surface area contributed by atoms with Gasteiger partial charge in [-0.1, -0.05) is 39.8 Å². The van der Waals surface area contributed by atoms with Crippen LogP contribution in [-0.4, -0.2) is 5.78 Å². The van der Waals surface area contributed by atoms with Gasteiger partial charge in [0.2, 0.25) is 0 Å².